The molecule has 2 heterocycles. The van der Waals surface area contributed by atoms with Gasteiger partial charge in [0.05, 0.1) is 11.1 Å². The average Bonchev–Trinajstić information content (AvgIpc) is 2.95. The van der Waals surface area contributed by atoms with Crippen LogP contribution >= 0.6 is 11.6 Å². The molecule has 0 aliphatic rings. The van der Waals surface area contributed by atoms with Gasteiger partial charge in [0.25, 0.3) is 11.7 Å². The average molecular weight is 346 g/mol. The van der Waals surface area contributed by atoms with Crippen molar-refractivity contribution in [3.8, 4) is 5.75 Å². The second-order valence-corrected chi connectivity index (χ2v) is 5.91. The lowest BCUT2D eigenvalue weighted by molar-refractivity contribution is 0.101. The second-order valence-electron chi connectivity index (χ2n) is 5.50. The Kier molecular flexibility index (Phi) is 4.35. The van der Waals surface area contributed by atoms with E-state index in [1.54, 1.807) is 30.5 Å². The number of fused-ring (bicyclic) bond motifs is 1. The van der Waals surface area contributed by atoms with E-state index in [9.17, 15) is 4.79 Å². The second kappa shape index (κ2) is 6.45. The van der Waals surface area contributed by atoms with Crippen LogP contribution in [0.25, 0.3) is 5.78 Å². The Labute approximate surface area is 143 Å². The molecule has 7 nitrogen and oxygen atoms in total. The van der Waals surface area contributed by atoms with Gasteiger partial charge in [0.2, 0.25) is 5.82 Å². The Morgan fingerprint density at radius 3 is 2.79 bits per heavy atom. The van der Waals surface area contributed by atoms with Crippen LogP contribution < -0.4 is 10.1 Å². The molecule has 0 radical (unpaired) electrons. The number of carbonyl (C=O) groups excluding carboxylic acids is 1. The van der Waals surface area contributed by atoms with Crippen molar-refractivity contribution in [2.75, 3.05) is 5.32 Å². The molecule has 0 bridgehead atoms. The third-order valence-corrected chi connectivity index (χ3v) is 3.48. The largest absolute Gasteiger partial charge is 0.489 e. The molecule has 1 amide bonds. The minimum atomic E-state index is -0.437. The summed E-state index contributed by atoms with van der Waals surface area (Å²) in [5.74, 6) is 0.540. The van der Waals surface area contributed by atoms with Gasteiger partial charge in [0, 0.05) is 17.6 Å². The standard InChI is InChI=1S/C16H16ClN5O2/c1-9(2)24-13-5-4-11(8-12(13)17)19-15(23)14-20-16-18-7-6-10(3)22(16)21-14/h4-9H,1-3H3,(H,19,23). The van der Waals surface area contributed by atoms with Gasteiger partial charge in [-0.15, -0.1) is 5.10 Å². The zero-order valence-corrected chi connectivity index (χ0v) is 14.2. The zero-order chi connectivity index (χ0) is 17.3. The fourth-order valence-corrected chi connectivity index (χ4v) is 2.34. The fraction of sp³-hybridized carbons (Fsp3) is 0.250. The number of benzene rings is 1. The van der Waals surface area contributed by atoms with Gasteiger partial charge in [-0.25, -0.2) is 9.50 Å². The molecule has 3 aromatic rings. The number of amides is 1. The first-order chi connectivity index (χ1) is 11.4. The first kappa shape index (κ1) is 16.2. The highest BCUT2D eigenvalue weighted by Gasteiger charge is 2.15. The lowest BCUT2D eigenvalue weighted by Gasteiger charge is -2.12. The highest BCUT2D eigenvalue weighted by molar-refractivity contribution is 6.32. The zero-order valence-electron chi connectivity index (χ0n) is 13.4. The van der Waals surface area contributed by atoms with Crippen molar-refractivity contribution in [1.82, 2.24) is 19.6 Å². The summed E-state index contributed by atoms with van der Waals surface area (Å²) in [7, 11) is 0. The Hall–Kier alpha value is -2.67. The topological polar surface area (TPSA) is 81.4 Å². The molecule has 1 aromatic carbocycles. The predicted molar refractivity (Wildman–Crippen MR) is 90.7 cm³/mol. The summed E-state index contributed by atoms with van der Waals surface area (Å²) in [5.41, 5.74) is 1.37. The van der Waals surface area contributed by atoms with Gasteiger partial charge in [-0.1, -0.05) is 11.6 Å². The summed E-state index contributed by atoms with van der Waals surface area (Å²) in [5, 5.41) is 7.29. The predicted octanol–water partition coefficient (Wildman–Crippen LogP) is 3.13. The van der Waals surface area contributed by atoms with Crippen molar-refractivity contribution in [3.05, 3.63) is 47.0 Å². The SMILES string of the molecule is Cc1ccnc2nc(C(=O)Nc3ccc(OC(C)C)c(Cl)c3)nn12. The third kappa shape index (κ3) is 3.30. The van der Waals surface area contributed by atoms with E-state index in [-0.39, 0.29) is 11.9 Å². The number of ether oxygens (including phenoxy) is 1. The lowest BCUT2D eigenvalue weighted by Crippen LogP contribution is -2.14. The molecule has 8 heteroatoms. The number of nitrogens with one attached hydrogen (secondary N) is 1. The van der Waals surface area contributed by atoms with E-state index in [0.717, 1.165) is 5.69 Å². The maximum absolute atomic E-state index is 12.3. The third-order valence-electron chi connectivity index (χ3n) is 3.19. The first-order valence-corrected chi connectivity index (χ1v) is 7.78. The van der Waals surface area contributed by atoms with Crippen molar-refractivity contribution in [2.24, 2.45) is 0 Å². The number of carbonyl (C=O) groups is 1. The summed E-state index contributed by atoms with van der Waals surface area (Å²) in [6.07, 6.45) is 1.63. The minimum Gasteiger partial charge on any atom is -0.489 e. The number of anilines is 1. The summed E-state index contributed by atoms with van der Waals surface area (Å²) >= 11 is 6.17. The van der Waals surface area contributed by atoms with E-state index >= 15 is 0 Å². The highest BCUT2D eigenvalue weighted by atomic mass is 35.5. The van der Waals surface area contributed by atoms with Crippen LogP contribution in [-0.2, 0) is 0 Å². The molecule has 0 unspecified atom stereocenters. The maximum Gasteiger partial charge on any atom is 0.295 e. The van der Waals surface area contributed by atoms with Gasteiger partial charge in [-0.3, -0.25) is 4.79 Å². The molecular weight excluding hydrogens is 330 g/mol. The molecule has 0 saturated carbocycles. The van der Waals surface area contributed by atoms with E-state index in [1.807, 2.05) is 20.8 Å². The van der Waals surface area contributed by atoms with E-state index in [4.69, 9.17) is 16.3 Å². The molecule has 124 valence electrons. The number of aryl methyl sites for hydroxylation is 1. The molecule has 2 aromatic heterocycles. The van der Waals surface area contributed by atoms with Crippen molar-refractivity contribution >= 4 is 29.0 Å². The smallest absolute Gasteiger partial charge is 0.295 e. The molecule has 0 saturated heterocycles. The van der Waals surface area contributed by atoms with Crippen molar-refractivity contribution in [1.29, 1.82) is 0 Å². The summed E-state index contributed by atoms with van der Waals surface area (Å²) in [6.45, 7) is 5.69. The van der Waals surface area contributed by atoms with Crippen molar-refractivity contribution in [2.45, 2.75) is 26.9 Å². The van der Waals surface area contributed by atoms with Crippen LogP contribution in [-0.4, -0.2) is 31.6 Å². The quantitative estimate of drug-likeness (QED) is 0.785. The molecule has 0 atom stereocenters. The van der Waals surface area contributed by atoms with Crippen LogP contribution in [0, 0.1) is 6.92 Å². The Bertz CT molecular complexity index is 907. The molecular formula is C16H16ClN5O2. The number of hydrogen-bond donors (Lipinski definition) is 1. The Morgan fingerprint density at radius 2 is 2.12 bits per heavy atom. The number of hydrogen-bond acceptors (Lipinski definition) is 5. The monoisotopic (exact) mass is 345 g/mol. The minimum absolute atomic E-state index is 0.0147. The summed E-state index contributed by atoms with van der Waals surface area (Å²) in [6, 6.07) is 6.83. The highest BCUT2D eigenvalue weighted by Crippen LogP contribution is 2.28. The lowest BCUT2D eigenvalue weighted by atomic mass is 10.3. The van der Waals surface area contributed by atoms with Gasteiger partial charge in [-0.2, -0.15) is 4.98 Å². The maximum atomic E-state index is 12.3. The van der Waals surface area contributed by atoms with Gasteiger partial charge in [0.15, 0.2) is 0 Å². The fourth-order valence-electron chi connectivity index (χ4n) is 2.12. The molecule has 24 heavy (non-hydrogen) atoms. The Balaban J connectivity index is 1.81. The van der Waals surface area contributed by atoms with Crippen LogP contribution in [0.5, 0.6) is 5.75 Å². The van der Waals surface area contributed by atoms with Gasteiger partial charge < -0.3 is 10.1 Å². The van der Waals surface area contributed by atoms with Crippen LogP contribution in [0.3, 0.4) is 0 Å². The summed E-state index contributed by atoms with van der Waals surface area (Å²) in [4.78, 5) is 20.5. The van der Waals surface area contributed by atoms with E-state index in [2.05, 4.69) is 20.4 Å². The summed E-state index contributed by atoms with van der Waals surface area (Å²) < 4.78 is 7.08. The van der Waals surface area contributed by atoms with E-state index < -0.39 is 5.91 Å². The molecule has 0 fully saturated rings. The van der Waals surface area contributed by atoms with Gasteiger partial charge >= 0.3 is 0 Å². The Morgan fingerprint density at radius 1 is 1.33 bits per heavy atom. The van der Waals surface area contributed by atoms with E-state index in [1.165, 1.54) is 4.52 Å². The number of halogens is 1. The molecule has 1 N–H and O–H groups in total. The molecule has 3 rings (SSSR count). The van der Waals surface area contributed by atoms with Crippen LogP contribution in [0.2, 0.25) is 5.02 Å². The first-order valence-electron chi connectivity index (χ1n) is 7.40. The van der Waals surface area contributed by atoms with Crippen molar-refractivity contribution in [3.63, 3.8) is 0 Å². The van der Waals surface area contributed by atoms with Gasteiger partial charge in [0.1, 0.15) is 5.75 Å². The number of aromatic nitrogens is 4. The molecule has 0 aliphatic heterocycles. The molecule has 0 spiro atoms. The van der Waals surface area contributed by atoms with E-state index in [0.29, 0.717) is 22.2 Å². The number of rotatable bonds is 4. The molecule has 0 aliphatic carbocycles. The van der Waals surface area contributed by atoms with Crippen LogP contribution in [0.1, 0.15) is 30.2 Å². The van der Waals surface area contributed by atoms with Crippen LogP contribution in [0.15, 0.2) is 30.5 Å². The normalized spacial score (nSPS) is 11.0. The van der Waals surface area contributed by atoms with Crippen LogP contribution in [0.4, 0.5) is 5.69 Å². The van der Waals surface area contributed by atoms with Gasteiger partial charge in [-0.05, 0) is 45.0 Å². The number of nitrogens with zero attached hydrogens (tertiary/aromatic N) is 4. The van der Waals surface area contributed by atoms with Crippen molar-refractivity contribution < 1.29 is 9.53 Å².